The molecule has 1 heterocycles. The lowest BCUT2D eigenvalue weighted by molar-refractivity contribution is 0.00752. The maximum absolute atomic E-state index is 11.6. The van der Waals surface area contributed by atoms with Crippen LogP contribution in [0.15, 0.2) is 4.99 Å². The third-order valence-corrected chi connectivity index (χ3v) is 6.06. The molecule has 0 spiro atoms. The fourth-order valence-electron chi connectivity index (χ4n) is 3.14. The van der Waals surface area contributed by atoms with Crippen LogP contribution in [0.3, 0.4) is 0 Å². The van der Waals surface area contributed by atoms with E-state index < -0.39 is 10.0 Å². The number of sulfonamides is 1. The monoisotopic (exact) mass is 519 g/mol. The van der Waals surface area contributed by atoms with Crippen LogP contribution in [0.25, 0.3) is 0 Å². The van der Waals surface area contributed by atoms with Gasteiger partial charge < -0.3 is 15.4 Å². The summed E-state index contributed by atoms with van der Waals surface area (Å²) in [6.07, 6.45) is 1.99. The molecule has 1 fully saturated rings. The fourth-order valence-corrected chi connectivity index (χ4v) is 4.07. The third kappa shape index (κ3) is 10.2. The van der Waals surface area contributed by atoms with Gasteiger partial charge in [0.25, 0.3) is 0 Å². The second-order valence-corrected chi connectivity index (χ2v) is 8.93. The van der Waals surface area contributed by atoms with Gasteiger partial charge in [0.15, 0.2) is 5.96 Å². The molecule has 0 saturated carbocycles. The number of nitrogens with one attached hydrogen (secondary N) is 2. The highest BCUT2D eigenvalue weighted by Gasteiger charge is 2.23. The SMILES string of the molecule is CCN(CCCNC(=NC)NCC(C(C)C)N1CCOCC1)S(C)(=O)=O.I. The third-order valence-electron chi connectivity index (χ3n) is 4.68. The minimum Gasteiger partial charge on any atom is -0.379 e. The lowest BCUT2D eigenvalue weighted by Gasteiger charge is -2.37. The Morgan fingerprint density at radius 1 is 1.26 bits per heavy atom. The summed E-state index contributed by atoms with van der Waals surface area (Å²) in [5.41, 5.74) is 0. The summed E-state index contributed by atoms with van der Waals surface area (Å²) in [4.78, 5) is 6.74. The molecule has 1 aliphatic rings. The molecule has 0 radical (unpaired) electrons. The van der Waals surface area contributed by atoms with Gasteiger partial charge in [-0.15, -0.1) is 24.0 Å². The quantitative estimate of drug-likeness (QED) is 0.192. The van der Waals surface area contributed by atoms with E-state index in [9.17, 15) is 8.42 Å². The van der Waals surface area contributed by atoms with Crippen LogP contribution >= 0.6 is 24.0 Å². The second-order valence-electron chi connectivity index (χ2n) is 6.95. The fraction of sp³-hybridized carbons (Fsp3) is 0.941. The summed E-state index contributed by atoms with van der Waals surface area (Å²) < 4.78 is 30.1. The van der Waals surface area contributed by atoms with Gasteiger partial charge in [0.1, 0.15) is 0 Å². The largest absolute Gasteiger partial charge is 0.379 e. The van der Waals surface area contributed by atoms with Gasteiger partial charge in [-0.05, 0) is 12.3 Å². The minimum atomic E-state index is -3.12. The highest BCUT2D eigenvalue weighted by atomic mass is 127. The molecular formula is C17H38IN5O3S. The van der Waals surface area contributed by atoms with Crippen molar-refractivity contribution < 1.29 is 13.2 Å². The van der Waals surface area contributed by atoms with E-state index in [0.29, 0.717) is 31.6 Å². The summed E-state index contributed by atoms with van der Waals surface area (Å²) in [5, 5.41) is 6.68. The predicted molar refractivity (Wildman–Crippen MR) is 123 cm³/mol. The average molecular weight is 519 g/mol. The number of ether oxygens (including phenoxy) is 1. The lowest BCUT2D eigenvalue weighted by atomic mass is 10.0. The molecule has 1 rings (SSSR count). The molecule has 0 aromatic rings. The maximum Gasteiger partial charge on any atom is 0.211 e. The molecule has 10 heteroatoms. The van der Waals surface area contributed by atoms with Crippen LogP contribution in [0.4, 0.5) is 0 Å². The van der Waals surface area contributed by atoms with Crippen LogP contribution in [-0.4, -0.2) is 95.4 Å². The zero-order valence-electron chi connectivity index (χ0n) is 17.4. The van der Waals surface area contributed by atoms with Crippen molar-refractivity contribution in [3.63, 3.8) is 0 Å². The molecular weight excluding hydrogens is 481 g/mol. The molecule has 1 unspecified atom stereocenters. The number of nitrogens with zero attached hydrogens (tertiary/aromatic N) is 3. The molecule has 1 saturated heterocycles. The van der Waals surface area contributed by atoms with E-state index in [-0.39, 0.29) is 24.0 Å². The van der Waals surface area contributed by atoms with E-state index in [1.165, 1.54) is 10.6 Å². The van der Waals surface area contributed by atoms with Crippen molar-refractivity contribution in [1.82, 2.24) is 19.8 Å². The summed E-state index contributed by atoms with van der Waals surface area (Å²) in [6, 6.07) is 0.429. The topological polar surface area (TPSA) is 86.3 Å². The Bertz CT molecular complexity index is 525. The molecule has 162 valence electrons. The standard InChI is InChI=1S/C17H37N5O3S.HI/c1-6-22(26(5,23)24)9-7-8-19-17(18-4)20-14-16(15(2)3)21-10-12-25-13-11-21;/h15-16H,6-14H2,1-5H3,(H2,18,19,20);1H. The molecule has 0 amide bonds. The Labute approximate surface area is 182 Å². The van der Waals surface area contributed by atoms with Gasteiger partial charge in [-0.25, -0.2) is 12.7 Å². The highest BCUT2D eigenvalue weighted by Crippen LogP contribution is 2.12. The van der Waals surface area contributed by atoms with Crippen LogP contribution in [0.2, 0.25) is 0 Å². The van der Waals surface area contributed by atoms with Gasteiger partial charge in [0.05, 0.1) is 19.5 Å². The number of hydrogen-bond donors (Lipinski definition) is 2. The van der Waals surface area contributed by atoms with Gasteiger partial charge in [-0.3, -0.25) is 9.89 Å². The Hall–Kier alpha value is -0.170. The zero-order valence-corrected chi connectivity index (χ0v) is 20.5. The Balaban J connectivity index is 0.00000676. The van der Waals surface area contributed by atoms with Crippen LogP contribution in [0, 0.1) is 5.92 Å². The smallest absolute Gasteiger partial charge is 0.211 e. The lowest BCUT2D eigenvalue weighted by Crippen LogP contribution is -2.52. The van der Waals surface area contributed by atoms with Gasteiger partial charge in [0, 0.05) is 52.4 Å². The number of guanidine groups is 1. The second kappa shape index (κ2) is 13.9. The van der Waals surface area contributed by atoms with E-state index in [4.69, 9.17) is 4.74 Å². The Morgan fingerprint density at radius 2 is 1.89 bits per heavy atom. The van der Waals surface area contributed by atoms with Crippen LogP contribution in [-0.2, 0) is 14.8 Å². The van der Waals surface area contributed by atoms with Gasteiger partial charge in [-0.1, -0.05) is 20.8 Å². The molecule has 8 nitrogen and oxygen atoms in total. The summed E-state index contributed by atoms with van der Waals surface area (Å²) in [5.74, 6) is 1.29. The summed E-state index contributed by atoms with van der Waals surface area (Å²) in [7, 11) is -1.37. The maximum atomic E-state index is 11.6. The molecule has 2 N–H and O–H groups in total. The van der Waals surface area contributed by atoms with Crippen molar-refractivity contribution in [2.75, 3.05) is 65.8 Å². The number of morpholine rings is 1. The van der Waals surface area contributed by atoms with E-state index in [1.54, 1.807) is 7.05 Å². The Morgan fingerprint density at radius 3 is 2.37 bits per heavy atom. The van der Waals surface area contributed by atoms with E-state index in [2.05, 4.69) is 34.4 Å². The molecule has 0 aromatic heterocycles. The van der Waals surface area contributed by atoms with Crippen molar-refractivity contribution in [3.8, 4) is 0 Å². The first-order valence-corrected chi connectivity index (χ1v) is 11.4. The summed E-state index contributed by atoms with van der Waals surface area (Å²) >= 11 is 0. The number of hydrogen-bond acceptors (Lipinski definition) is 5. The number of rotatable bonds is 10. The van der Waals surface area contributed by atoms with Crippen LogP contribution < -0.4 is 10.6 Å². The van der Waals surface area contributed by atoms with Crippen molar-refractivity contribution in [3.05, 3.63) is 0 Å². The molecule has 0 bridgehead atoms. The van der Waals surface area contributed by atoms with Gasteiger partial charge in [-0.2, -0.15) is 0 Å². The van der Waals surface area contributed by atoms with Gasteiger partial charge in [0.2, 0.25) is 10.0 Å². The molecule has 0 aromatic carbocycles. The van der Waals surface area contributed by atoms with Crippen LogP contribution in [0.5, 0.6) is 0 Å². The van der Waals surface area contributed by atoms with E-state index in [0.717, 1.165) is 45.2 Å². The van der Waals surface area contributed by atoms with Crippen molar-refractivity contribution in [2.45, 2.75) is 33.2 Å². The Kier molecular flexibility index (Phi) is 13.8. The zero-order chi connectivity index (χ0) is 19.6. The average Bonchev–Trinajstić information content (AvgIpc) is 2.59. The normalized spacial score (nSPS) is 17.7. The molecule has 0 aliphatic carbocycles. The first-order valence-electron chi connectivity index (χ1n) is 9.51. The number of aliphatic imine (C=N–C) groups is 1. The van der Waals surface area contributed by atoms with Crippen molar-refractivity contribution in [1.29, 1.82) is 0 Å². The van der Waals surface area contributed by atoms with Crippen molar-refractivity contribution >= 4 is 40.0 Å². The first kappa shape index (κ1) is 26.8. The van der Waals surface area contributed by atoms with E-state index in [1.807, 2.05) is 6.92 Å². The first-order chi connectivity index (χ1) is 12.3. The summed E-state index contributed by atoms with van der Waals surface area (Å²) in [6.45, 7) is 12.4. The highest BCUT2D eigenvalue weighted by molar-refractivity contribution is 14.0. The predicted octanol–water partition coefficient (Wildman–Crippen LogP) is 0.798. The molecule has 1 aliphatic heterocycles. The van der Waals surface area contributed by atoms with Crippen molar-refractivity contribution in [2.24, 2.45) is 10.9 Å². The molecule has 27 heavy (non-hydrogen) atoms. The molecule has 1 atom stereocenters. The van der Waals surface area contributed by atoms with E-state index >= 15 is 0 Å². The van der Waals surface area contributed by atoms with Gasteiger partial charge >= 0.3 is 0 Å². The van der Waals surface area contributed by atoms with Crippen LogP contribution in [0.1, 0.15) is 27.2 Å². The minimum absolute atomic E-state index is 0. The number of halogens is 1.